The van der Waals surface area contributed by atoms with Crippen LogP contribution in [0.1, 0.15) is 75.5 Å². The quantitative estimate of drug-likeness (QED) is 0.187. The molecule has 0 saturated carbocycles. The van der Waals surface area contributed by atoms with Crippen molar-refractivity contribution in [3.8, 4) is 5.75 Å². The molecule has 2 aliphatic heterocycles. The molecule has 1 aromatic carbocycles. The van der Waals surface area contributed by atoms with E-state index in [1.54, 1.807) is 19.1 Å². The first-order valence-corrected chi connectivity index (χ1v) is 21.0. The molecule has 5 rings (SSSR count). The van der Waals surface area contributed by atoms with Gasteiger partial charge in [-0.05, 0) is 80.7 Å². The van der Waals surface area contributed by atoms with E-state index in [2.05, 4.69) is 67.7 Å². The highest BCUT2D eigenvalue weighted by Crippen LogP contribution is 2.41. The molecule has 282 valence electrons. The zero-order valence-corrected chi connectivity index (χ0v) is 32.7. The summed E-state index contributed by atoms with van der Waals surface area (Å²) in [6.07, 6.45) is 0.406. The summed E-state index contributed by atoms with van der Waals surface area (Å²) in [4.78, 5) is 24.7. The van der Waals surface area contributed by atoms with Crippen molar-refractivity contribution in [1.82, 2.24) is 14.4 Å². The van der Waals surface area contributed by atoms with E-state index in [1.165, 1.54) is 6.07 Å². The number of aromatic nitrogens is 1. The van der Waals surface area contributed by atoms with Gasteiger partial charge in [0, 0.05) is 57.7 Å². The predicted octanol–water partition coefficient (Wildman–Crippen LogP) is 7.58. The molecule has 2 aromatic rings. The van der Waals surface area contributed by atoms with Crippen LogP contribution < -0.4 is 15.0 Å². The van der Waals surface area contributed by atoms with Crippen molar-refractivity contribution in [1.29, 1.82) is 0 Å². The van der Waals surface area contributed by atoms with Crippen LogP contribution in [-0.4, -0.2) is 101 Å². The summed E-state index contributed by atoms with van der Waals surface area (Å²) in [5.41, 5.74) is 5.00. The summed E-state index contributed by atoms with van der Waals surface area (Å²) in [6.45, 7) is 19.1. The number of nitrogens with zero attached hydrogens (tertiary/aromatic N) is 5. The Morgan fingerprint density at radius 1 is 1.10 bits per heavy atom. The van der Waals surface area contributed by atoms with E-state index in [9.17, 15) is 18.0 Å². The van der Waals surface area contributed by atoms with Crippen LogP contribution in [0.25, 0.3) is 5.70 Å². The largest absolute Gasteiger partial charge is 0.573 e. The van der Waals surface area contributed by atoms with Gasteiger partial charge in [-0.3, -0.25) is 4.90 Å². The molecule has 0 amide bonds. The number of carbonyl (C=O) groups is 1. The zero-order chi connectivity index (χ0) is 37.3. The van der Waals surface area contributed by atoms with Gasteiger partial charge in [-0.2, -0.15) is 0 Å². The number of halogens is 3. The number of carbonyl (C=O) groups excluding carboxylic acids is 1. The number of aliphatic imine (C=N–C) groups is 1. The second kappa shape index (κ2) is 15.2. The van der Waals surface area contributed by atoms with Crippen molar-refractivity contribution >= 4 is 37.3 Å². The number of likely N-dealkylation sites (N-methyl/N-ethyl adjacent to an activating group) is 2. The fourth-order valence-corrected chi connectivity index (χ4v) is 7.84. The fourth-order valence-electron chi connectivity index (χ4n) is 6.80. The van der Waals surface area contributed by atoms with E-state index >= 15 is 0 Å². The van der Waals surface area contributed by atoms with Gasteiger partial charge in [-0.15, -0.1) is 13.2 Å². The first-order valence-electron chi connectivity index (χ1n) is 18.1. The third-order valence-electron chi connectivity index (χ3n) is 10.7. The molecule has 0 spiro atoms. The maximum atomic E-state index is 13.6. The monoisotopic (exact) mass is 732 g/mol. The molecule has 1 aromatic heterocycles. The summed E-state index contributed by atoms with van der Waals surface area (Å²) >= 11 is 0. The molecule has 1 fully saturated rings. The Kier molecular flexibility index (Phi) is 11.6. The summed E-state index contributed by atoms with van der Waals surface area (Å²) in [5, 5.41) is 3.26. The molecule has 0 bridgehead atoms. The lowest BCUT2D eigenvalue weighted by atomic mass is 9.91. The Labute approximate surface area is 301 Å². The molecule has 1 atom stereocenters. The Balaban J connectivity index is 1.51. The number of guanidine groups is 1. The average molecular weight is 733 g/mol. The Bertz CT molecular complexity index is 1650. The first kappa shape index (κ1) is 38.7. The molecule has 14 heteroatoms. The third-order valence-corrected chi connectivity index (χ3v) is 15.3. The second-order valence-electron chi connectivity index (χ2n) is 15.4. The van der Waals surface area contributed by atoms with Gasteiger partial charge in [-0.1, -0.05) is 34.1 Å². The topological polar surface area (TPSA) is 83.8 Å². The van der Waals surface area contributed by atoms with Crippen LogP contribution in [-0.2, 0) is 22.1 Å². The average Bonchev–Trinajstić information content (AvgIpc) is 3.41. The summed E-state index contributed by atoms with van der Waals surface area (Å²) in [6, 6.07) is 5.15. The number of anilines is 2. The van der Waals surface area contributed by atoms with Crippen LogP contribution in [0.5, 0.6) is 5.75 Å². The van der Waals surface area contributed by atoms with E-state index in [0.29, 0.717) is 50.1 Å². The number of hydrogen-bond donors (Lipinski definition) is 1. The van der Waals surface area contributed by atoms with E-state index < -0.39 is 14.7 Å². The van der Waals surface area contributed by atoms with Crippen molar-refractivity contribution < 1.29 is 31.9 Å². The minimum absolute atomic E-state index is 0.0429. The van der Waals surface area contributed by atoms with Crippen molar-refractivity contribution in [2.45, 2.75) is 97.4 Å². The highest BCUT2D eigenvalue weighted by atomic mass is 28.4. The fraction of sp³-hybridized carbons (Fsp3) is 0.622. The number of piperazine rings is 1. The molecule has 1 saturated heterocycles. The van der Waals surface area contributed by atoms with Gasteiger partial charge in [0.15, 0.2) is 14.1 Å². The lowest BCUT2D eigenvalue weighted by molar-refractivity contribution is -0.274. The molecule has 0 radical (unpaired) electrons. The lowest BCUT2D eigenvalue weighted by Gasteiger charge is -2.41. The molecule has 1 N–H and O–H groups in total. The Morgan fingerprint density at radius 3 is 2.51 bits per heavy atom. The van der Waals surface area contributed by atoms with Crippen molar-refractivity contribution in [2.75, 3.05) is 63.7 Å². The summed E-state index contributed by atoms with van der Waals surface area (Å²) in [7, 11) is 1.96. The number of hydrogen-bond acceptors (Lipinski definition) is 9. The molecule has 1 aliphatic carbocycles. The molecular weight excluding hydrogens is 678 g/mol. The lowest BCUT2D eigenvalue weighted by Crippen LogP contribution is -2.51. The smallest absolute Gasteiger partial charge is 0.462 e. The van der Waals surface area contributed by atoms with Gasteiger partial charge >= 0.3 is 12.3 Å². The normalized spacial score (nSPS) is 18.7. The van der Waals surface area contributed by atoms with Crippen LogP contribution in [0.15, 0.2) is 35.0 Å². The van der Waals surface area contributed by atoms with E-state index in [1.807, 2.05) is 22.7 Å². The molecule has 1 unspecified atom stereocenters. The summed E-state index contributed by atoms with van der Waals surface area (Å²) < 4.78 is 59.4. The number of fused-ring (bicyclic) bond motifs is 2. The Hall–Kier alpha value is -3.49. The van der Waals surface area contributed by atoms with E-state index in [0.717, 1.165) is 60.7 Å². The molecular formula is C37H55F3N6O4Si. The number of esters is 1. The number of ether oxygens (including phenoxy) is 2. The van der Waals surface area contributed by atoms with Crippen molar-refractivity contribution in [2.24, 2.45) is 4.99 Å². The van der Waals surface area contributed by atoms with E-state index in [-0.39, 0.29) is 29.1 Å². The van der Waals surface area contributed by atoms with Crippen LogP contribution in [0, 0.1) is 0 Å². The standard InChI is InChI=1S/C37H55F3N6O4Si/c1-10-12-27-23-45(18-17-43(27)6)26-14-16-31(50-37(38,39)40)30(21-26)41-35-42-32-25(22-44(35)7)13-15-28-29(34(47)48-11-2)24-46(33(28)32)19-20-49-51(8,9)36(3,4)5/h14,16,21,24,27H,10-13,15,17-20,22-23H2,1-9H3,(H,41,42). The number of benzene rings is 1. The highest BCUT2D eigenvalue weighted by Gasteiger charge is 2.38. The minimum atomic E-state index is -4.87. The van der Waals surface area contributed by atoms with Gasteiger partial charge < -0.3 is 33.6 Å². The van der Waals surface area contributed by atoms with Crippen molar-refractivity contribution in [3.05, 3.63) is 46.8 Å². The maximum absolute atomic E-state index is 13.6. The number of nitrogens with one attached hydrogen (secondary N) is 1. The first-order chi connectivity index (χ1) is 23.9. The minimum Gasteiger partial charge on any atom is -0.462 e. The number of rotatable bonds is 11. The molecule has 3 aliphatic rings. The van der Waals surface area contributed by atoms with Gasteiger partial charge in [0.25, 0.3) is 0 Å². The van der Waals surface area contributed by atoms with Gasteiger partial charge in [0.05, 0.1) is 35.9 Å². The maximum Gasteiger partial charge on any atom is 0.573 e. The zero-order valence-electron chi connectivity index (χ0n) is 31.7. The Morgan fingerprint density at radius 2 is 1.84 bits per heavy atom. The van der Waals surface area contributed by atoms with Crippen molar-refractivity contribution in [3.63, 3.8) is 0 Å². The second-order valence-corrected chi connectivity index (χ2v) is 20.2. The molecule has 51 heavy (non-hydrogen) atoms. The third kappa shape index (κ3) is 8.77. The van der Waals surface area contributed by atoms with E-state index in [4.69, 9.17) is 14.2 Å². The van der Waals surface area contributed by atoms with Crippen LogP contribution in [0.3, 0.4) is 0 Å². The van der Waals surface area contributed by atoms with Crippen LogP contribution in [0.2, 0.25) is 18.1 Å². The molecule has 10 nitrogen and oxygen atoms in total. The molecule has 3 heterocycles. The summed E-state index contributed by atoms with van der Waals surface area (Å²) in [5.74, 6) is -0.328. The van der Waals surface area contributed by atoms with Crippen LogP contribution in [0.4, 0.5) is 24.5 Å². The highest BCUT2D eigenvalue weighted by molar-refractivity contribution is 6.74. The number of alkyl halides is 3. The van der Waals surface area contributed by atoms with Gasteiger partial charge in [-0.25, -0.2) is 9.79 Å². The van der Waals surface area contributed by atoms with Gasteiger partial charge in [0.1, 0.15) is 0 Å². The predicted molar refractivity (Wildman–Crippen MR) is 199 cm³/mol. The SMILES string of the molecule is CCCC1CN(c2ccc(OC(F)(F)F)c(NC3=NC4=C(CCc5c(C(=O)OCC)cn(CCO[Si](C)(C)C(C)(C)C)c54)CN3C)c2)CCN1C. The van der Waals surface area contributed by atoms with Crippen LogP contribution >= 0.6 is 0 Å². The van der Waals surface area contributed by atoms with Gasteiger partial charge in [0.2, 0.25) is 5.96 Å².